The van der Waals surface area contributed by atoms with Crippen LogP contribution >= 0.6 is 0 Å². The smallest absolute Gasteiger partial charge is 0.190 e. The van der Waals surface area contributed by atoms with Crippen LogP contribution in [0.4, 0.5) is 0 Å². The molecule has 0 spiro atoms. The third-order valence-corrected chi connectivity index (χ3v) is 3.54. The molecule has 82 valence electrons. The molecule has 1 aromatic rings. The van der Waals surface area contributed by atoms with E-state index in [0.717, 1.165) is 0 Å². The summed E-state index contributed by atoms with van der Waals surface area (Å²) in [5.74, 6) is 0.646. The molecule has 1 aliphatic carbocycles. The first-order chi connectivity index (χ1) is 7.01. The van der Waals surface area contributed by atoms with Crippen LogP contribution in [0, 0.1) is 11.3 Å². The molecule has 1 aliphatic rings. The van der Waals surface area contributed by atoms with Gasteiger partial charge < -0.3 is 0 Å². The van der Waals surface area contributed by atoms with E-state index in [9.17, 15) is 4.79 Å². The monoisotopic (exact) mass is 207 g/mol. The highest BCUT2D eigenvalue weighted by Gasteiger charge is 2.41. The summed E-state index contributed by atoms with van der Waals surface area (Å²) >= 11 is 0. The van der Waals surface area contributed by atoms with Gasteiger partial charge in [-0.1, -0.05) is 20.3 Å². The van der Waals surface area contributed by atoms with Gasteiger partial charge in [0.2, 0.25) is 0 Å². The third-order valence-electron chi connectivity index (χ3n) is 3.54. The molecule has 15 heavy (non-hydrogen) atoms. The summed E-state index contributed by atoms with van der Waals surface area (Å²) in [6, 6.07) is 0. The van der Waals surface area contributed by atoms with Crippen LogP contribution in [0.5, 0.6) is 0 Å². The average molecular weight is 207 g/mol. The van der Waals surface area contributed by atoms with Gasteiger partial charge in [0.15, 0.2) is 5.78 Å². The number of hydrogen-bond donors (Lipinski definition) is 0. The minimum atomic E-state index is -0.283. The fourth-order valence-electron chi connectivity index (χ4n) is 2.10. The van der Waals surface area contributed by atoms with Crippen molar-refractivity contribution in [3.8, 4) is 0 Å². The number of hydrogen-bond acceptors (Lipinski definition) is 3. The van der Waals surface area contributed by atoms with Crippen molar-refractivity contribution in [3.63, 3.8) is 0 Å². The first-order valence-electron chi connectivity index (χ1n) is 5.43. The maximum Gasteiger partial charge on any atom is 0.190 e. The molecule has 1 fully saturated rings. The van der Waals surface area contributed by atoms with Gasteiger partial charge in [-0.05, 0) is 18.8 Å². The molecule has 0 saturated heterocycles. The Hall–Kier alpha value is -1.19. The summed E-state index contributed by atoms with van der Waals surface area (Å²) in [6.45, 7) is 4.04. The normalized spacial score (nSPS) is 17.5. The molecule has 0 unspecified atom stereocenters. The molecule has 1 aromatic heterocycles. The largest absolute Gasteiger partial charge is 0.292 e. The Bertz CT molecular complexity index is 377. The first kappa shape index (κ1) is 10.3. The quantitative estimate of drug-likeness (QED) is 0.710. The number of rotatable bonds is 3. The predicted octanol–water partition coefficient (Wildman–Crippen LogP) is 1.82. The van der Waals surface area contributed by atoms with E-state index in [-0.39, 0.29) is 11.2 Å². The third kappa shape index (κ3) is 1.68. The lowest BCUT2D eigenvalue weighted by atomic mass is 9.65. The minimum Gasteiger partial charge on any atom is -0.292 e. The summed E-state index contributed by atoms with van der Waals surface area (Å²) in [7, 11) is 1.73. The van der Waals surface area contributed by atoms with E-state index < -0.39 is 0 Å². The van der Waals surface area contributed by atoms with E-state index >= 15 is 0 Å². The van der Waals surface area contributed by atoms with Crippen LogP contribution in [0.15, 0.2) is 6.20 Å². The van der Waals surface area contributed by atoms with E-state index in [1.54, 1.807) is 13.2 Å². The fourth-order valence-corrected chi connectivity index (χ4v) is 2.10. The van der Waals surface area contributed by atoms with E-state index in [4.69, 9.17) is 0 Å². The zero-order valence-corrected chi connectivity index (χ0v) is 9.53. The van der Waals surface area contributed by atoms with E-state index in [1.165, 1.54) is 24.1 Å². The Morgan fingerprint density at radius 2 is 2.20 bits per heavy atom. The van der Waals surface area contributed by atoms with Gasteiger partial charge in [-0.3, -0.25) is 4.79 Å². The highest BCUT2D eigenvalue weighted by molar-refractivity contribution is 5.98. The molecular weight excluding hydrogens is 190 g/mol. The molecule has 1 heterocycles. The van der Waals surface area contributed by atoms with Crippen molar-refractivity contribution in [2.24, 2.45) is 18.4 Å². The second-order valence-electron chi connectivity index (χ2n) is 4.90. The molecule has 1 saturated carbocycles. The molecule has 0 bridgehead atoms. The van der Waals surface area contributed by atoms with Crippen molar-refractivity contribution in [1.82, 2.24) is 15.0 Å². The molecule has 0 N–H and O–H groups in total. The highest BCUT2D eigenvalue weighted by Crippen LogP contribution is 2.43. The second-order valence-corrected chi connectivity index (χ2v) is 4.90. The maximum atomic E-state index is 12.2. The first-order valence-corrected chi connectivity index (χ1v) is 5.43. The Kier molecular flexibility index (Phi) is 2.37. The van der Waals surface area contributed by atoms with Gasteiger partial charge in [0, 0.05) is 12.5 Å². The van der Waals surface area contributed by atoms with Crippen LogP contribution in [0.1, 0.15) is 43.6 Å². The van der Waals surface area contributed by atoms with Crippen molar-refractivity contribution >= 4 is 5.78 Å². The summed E-state index contributed by atoms with van der Waals surface area (Å²) in [5, 5.41) is 8.01. The number of ketones is 1. The Labute approximate surface area is 89.7 Å². The number of nitrogens with zero attached hydrogens (tertiary/aromatic N) is 3. The number of aryl methyl sites for hydroxylation is 1. The van der Waals surface area contributed by atoms with Crippen molar-refractivity contribution < 1.29 is 4.79 Å². The number of aromatic nitrogens is 3. The maximum absolute atomic E-state index is 12.2. The molecule has 0 aromatic carbocycles. The number of carbonyl (C=O) groups excluding carboxylic acids is 1. The summed E-state index contributed by atoms with van der Waals surface area (Å²) in [6.07, 6.45) is 5.14. The molecule has 2 rings (SSSR count). The predicted molar refractivity (Wildman–Crippen MR) is 56.5 cm³/mol. The van der Waals surface area contributed by atoms with Crippen molar-refractivity contribution in [3.05, 3.63) is 11.9 Å². The lowest BCUT2D eigenvalue weighted by Gasteiger charge is -2.38. The van der Waals surface area contributed by atoms with Gasteiger partial charge in [0.25, 0.3) is 0 Å². The van der Waals surface area contributed by atoms with Crippen molar-refractivity contribution in [2.45, 2.75) is 33.1 Å². The van der Waals surface area contributed by atoms with E-state index in [1.807, 2.05) is 13.8 Å². The fraction of sp³-hybridized carbons (Fsp3) is 0.727. The van der Waals surface area contributed by atoms with Gasteiger partial charge in [-0.2, -0.15) is 15.0 Å². The molecular formula is C11H17N3O. The van der Waals surface area contributed by atoms with Crippen LogP contribution in [0.25, 0.3) is 0 Å². The Morgan fingerprint density at radius 1 is 1.53 bits per heavy atom. The van der Waals surface area contributed by atoms with Crippen LogP contribution in [-0.2, 0) is 7.05 Å². The second kappa shape index (κ2) is 3.43. The van der Waals surface area contributed by atoms with Crippen LogP contribution in [-0.4, -0.2) is 20.8 Å². The van der Waals surface area contributed by atoms with Gasteiger partial charge in [-0.15, -0.1) is 0 Å². The van der Waals surface area contributed by atoms with Gasteiger partial charge in [0.05, 0.1) is 6.20 Å². The standard InChI is InChI=1S/C11H17N3O/c1-11(2,8-5-4-6-8)10(15)9-7-12-14(3)13-9/h7-8H,4-6H2,1-3H3. The van der Waals surface area contributed by atoms with Crippen LogP contribution in [0.3, 0.4) is 0 Å². The van der Waals surface area contributed by atoms with Gasteiger partial charge in [0.1, 0.15) is 5.69 Å². The summed E-state index contributed by atoms with van der Waals surface area (Å²) < 4.78 is 0. The highest BCUT2D eigenvalue weighted by atomic mass is 16.1. The molecule has 0 atom stereocenters. The van der Waals surface area contributed by atoms with Crippen molar-refractivity contribution in [1.29, 1.82) is 0 Å². The Balaban J connectivity index is 2.19. The van der Waals surface area contributed by atoms with Gasteiger partial charge >= 0.3 is 0 Å². The minimum absolute atomic E-state index is 0.125. The van der Waals surface area contributed by atoms with E-state index in [2.05, 4.69) is 10.2 Å². The SMILES string of the molecule is Cn1ncc(C(=O)C(C)(C)C2CCC2)n1. The number of Topliss-reactive ketones (excluding diaryl/α,β-unsaturated/α-hetero) is 1. The summed E-state index contributed by atoms with van der Waals surface area (Å²) in [4.78, 5) is 13.6. The molecule has 0 aliphatic heterocycles. The molecule has 4 heteroatoms. The molecule has 0 amide bonds. The lowest BCUT2D eigenvalue weighted by molar-refractivity contribution is 0.0615. The van der Waals surface area contributed by atoms with Crippen LogP contribution < -0.4 is 0 Å². The molecule has 4 nitrogen and oxygen atoms in total. The molecule has 0 radical (unpaired) electrons. The lowest BCUT2D eigenvalue weighted by Crippen LogP contribution is -2.37. The summed E-state index contributed by atoms with van der Waals surface area (Å²) in [5.41, 5.74) is 0.211. The van der Waals surface area contributed by atoms with E-state index in [0.29, 0.717) is 11.6 Å². The zero-order valence-electron chi connectivity index (χ0n) is 9.53. The average Bonchev–Trinajstić information content (AvgIpc) is 2.46. The van der Waals surface area contributed by atoms with Crippen molar-refractivity contribution in [2.75, 3.05) is 0 Å². The zero-order chi connectivity index (χ0) is 11.1. The topological polar surface area (TPSA) is 47.8 Å². The van der Waals surface area contributed by atoms with Crippen LogP contribution in [0.2, 0.25) is 0 Å². The number of carbonyl (C=O) groups is 1. The Morgan fingerprint density at radius 3 is 2.60 bits per heavy atom. The van der Waals surface area contributed by atoms with Gasteiger partial charge in [-0.25, -0.2) is 0 Å².